The van der Waals surface area contributed by atoms with E-state index < -0.39 is 0 Å². The van der Waals surface area contributed by atoms with Gasteiger partial charge in [0.05, 0.1) is 26.4 Å². The molecule has 4 nitrogen and oxygen atoms in total. The summed E-state index contributed by atoms with van der Waals surface area (Å²) >= 11 is 0. The van der Waals surface area contributed by atoms with Gasteiger partial charge in [-0.25, -0.2) is 0 Å². The van der Waals surface area contributed by atoms with Crippen LogP contribution in [0.1, 0.15) is 0 Å². The van der Waals surface area contributed by atoms with E-state index in [1.54, 1.807) is 0 Å². The Labute approximate surface area is 56.8 Å². The fourth-order valence-electron chi connectivity index (χ4n) is 0.0527. The lowest BCUT2D eigenvalue weighted by Crippen LogP contribution is -1.87. The van der Waals surface area contributed by atoms with Crippen LogP contribution in [-0.4, -0.2) is 41.7 Å². The predicted octanol–water partition coefficient (Wildman–Crippen LogP) is -1.24. The molecule has 58 valence electrons. The fourth-order valence-corrected chi connectivity index (χ4v) is 0.158. The second-order valence-electron chi connectivity index (χ2n) is 1.04. The molecule has 0 rings (SSSR count). The van der Waals surface area contributed by atoms with Gasteiger partial charge in [-0.15, -0.1) is 0 Å². The van der Waals surface area contributed by atoms with E-state index >= 15 is 0 Å². The zero-order valence-corrected chi connectivity index (χ0v) is 6.31. The van der Waals surface area contributed by atoms with Crippen LogP contribution in [0.3, 0.4) is 0 Å². The molecule has 0 aromatic rings. The first kappa shape index (κ1) is 12.0. The van der Waals surface area contributed by atoms with Gasteiger partial charge < -0.3 is 19.8 Å². The summed E-state index contributed by atoms with van der Waals surface area (Å²) in [4.78, 5) is 0. The van der Waals surface area contributed by atoms with Gasteiger partial charge in [-0.2, -0.15) is 0 Å². The van der Waals surface area contributed by atoms with E-state index in [-0.39, 0.29) is 19.8 Å². The lowest BCUT2D eigenvalue weighted by atomic mass is 10.8. The molecule has 9 heavy (non-hydrogen) atoms. The lowest BCUT2D eigenvalue weighted by Gasteiger charge is -1.83. The average Bonchev–Trinajstić information content (AvgIpc) is 1.91. The molecule has 0 saturated carbocycles. The molecule has 0 bridgehead atoms. The summed E-state index contributed by atoms with van der Waals surface area (Å²) in [5, 5.41) is 23.2. The quantitative estimate of drug-likeness (QED) is 0.447. The van der Waals surface area contributed by atoms with Gasteiger partial charge in [-0.3, -0.25) is 0 Å². The third-order valence-corrected chi connectivity index (χ3v) is 0.545. The molecule has 5 heteroatoms. The molecule has 1 unspecified atom stereocenters. The number of hydrogen-bond donors (Lipinski definition) is 3. The molecular weight excluding hydrogens is 143 g/mol. The van der Waals surface area contributed by atoms with Gasteiger partial charge in [-0.05, 0) is 0 Å². The third-order valence-electron chi connectivity index (χ3n) is 0.309. The normalized spacial score (nSPS) is 8.00. The maximum absolute atomic E-state index is 7.93. The molecule has 0 aliphatic heterocycles. The first-order valence-electron chi connectivity index (χ1n) is 2.47. The van der Waals surface area contributed by atoms with Crippen molar-refractivity contribution < 1.29 is 19.8 Å². The van der Waals surface area contributed by atoms with Crippen molar-refractivity contribution in [3.63, 3.8) is 0 Å². The van der Waals surface area contributed by atoms with Gasteiger partial charge >= 0.3 is 0 Å². The Morgan fingerprint density at radius 3 is 1.44 bits per heavy atom. The van der Waals surface area contributed by atoms with Crippen molar-refractivity contribution in [2.75, 3.05) is 26.4 Å². The standard InChI is InChI=1S/C2H7O2P.C2H6O2/c3-1-2-4-5;3-1-2-4/h3H,1-2,5H2;3-4H,1-2H2. The second-order valence-corrected chi connectivity index (χ2v) is 1.37. The first-order chi connectivity index (χ1) is 4.33. The van der Waals surface area contributed by atoms with Gasteiger partial charge in [0.15, 0.2) is 0 Å². The van der Waals surface area contributed by atoms with Crippen molar-refractivity contribution in [3.8, 4) is 0 Å². The number of aliphatic hydroxyl groups excluding tert-OH is 3. The summed E-state index contributed by atoms with van der Waals surface area (Å²) < 4.78 is 4.36. The highest BCUT2D eigenvalue weighted by atomic mass is 31.0. The fraction of sp³-hybridized carbons (Fsp3) is 1.00. The molecule has 3 N–H and O–H groups in total. The van der Waals surface area contributed by atoms with Gasteiger partial charge in [0.25, 0.3) is 0 Å². The molecule has 0 fully saturated rings. The van der Waals surface area contributed by atoms with Crippen LogP contribution in [0, 0.1) is 0 Å². The summed E-state index contributed by atoms with van der Waals surface area (Å²) in [5.74, 6) is 0. The number of rotatable bonds is 3. The Kier molecular flexibility index (Phi) is 21.0. The van der Waals surface area contributed by atoms with Crippen LogP contribution in [0.15, 0.2) is 0 Å². The molecule has 0 aromatic carbocycles. The van der Waals surface area contributed by atoms with Crippen molar-refractivity contribution in [2.45, 2.75) is 0 Å². The van der Waals surface area contributed by atoms with Crippen molar-refractivity contribution >= 4 is 9.47 Å². The van der Waals surface area contributed by atoms with Gasteiger partial charge in [-0.1, -0.05) is 0 Å². The maximum Gasteiger partial charge on any atom is 0.0733 e. The molecule has 0 aliphatic rings. The first-order valence-corrected chi connectivity index (χ1v) is 2.94. The largest absolute Gasteiger partial charge is 0.394 e. The van der Waals surface area contributed by atoms with Crippen molar-refractivity contribution in [2.24, 2.45) is 0 Å². The highest BCUT2D eigenvalue weighted by Crippen LogP contribution is 1.78. The van der Waals surface area contributed by atoms with Crippen LogP contribution in [0.25, 0.3) is 0 Å². The monoisotopic (exact) mass is 156 g/mol. The number of aliphatic hydroxyl groups is 3. The van der Waals surface area contributed by atoms with Crippen molar-refractivity contribution in [1.82, 2.24) is 0 Å². The van der Waals surface area contributed by atoms with Crippen molar-refractivity contribution in [1.29, 1.82) is 0 Å². The SMILES string of the molecule is OCCO.OCCOP. The maximum atomic E-state index is 7.93. The van der Waals surface area contributed by atoms with Gasteiger partial charge in [0.2, 0.25) is 0 Å². The highest BCUT2D eigenvalue weighted by molar-refractivity contribution is 7.09. The Morgan fingerprint density at radius 2 is 1.44 bits per heavy atom. The molecule has 0 aliphatic carbocycles. The lowest BCUT2D eigenvalue weighted by molar-refractivity contribution is 0.186. The van der Waals surface area contributed by atoms with Crippen LogP contribution < -0.4 is 0 Å². The van der Waals surface area contributed by atoms with E-state index in [1.807, 2.05) is 9.47 Å². The van der Waals surface area contributed by atoms with E-state index in [2.05, 4.69) is 4.52 Å². The van der Waals surface area contributed by atoms with E-state index in [0.717, 1.165) is 0 Å². The summed E-state index contributed by atoms with van der Waals surface area (Å²) in [7, 11) is 2.04. The molecule has 0 amide bonds. The Morgan fingerprint density at radius 1 is 1.00 bits per heavy atom. The van der Waals surface area contributed by atoms with Crippen LogP contribution >= 0.6 is 9.47 Å². The smallest absolute Gasteiger partial charge is 0.0733 e. The minimum Gasteiger partial charge on any atom is -0.394 e. The van der Waals surface area contributed by atoms with E-state index in [9.17, 15) is 0 Å². The van der Waals surface area contributed by atoms with Crippen LogP contribution in [-0.2, 0) is 4.52 Å². The van der Waals surface area contributed by atoms with E-state index in [4.69, 9.17) is 15.3 Å². The van der Waals surface area contributed by atoms with Gasteiger partial charge in [0.1, 0.15) is 0 Å². The molecule has 0 radical (unpaired) electrons. The molecule has 0 spiro atoms. The zero-order chi connectivity index (χ0) is 7.54. The van der Waals surface area contributed by atoms with E-state index in [0.29, 0.717) is 6.61 Å². The molecular formula is C4H13O4P. The Balaban J connectivity index is 0. The van der Waals surface area contributed by atoms with Crippen molar-refractivity contribution in [3.05, 3.63) is 0 Å². The van der Waals surface area contributed by atoms with Crippen LogP contribution in [0.4, 0.5) is 0 Å². The minimum absolute atomic E-state index is 0.101. The average molecular weight is 156 g/mol. The summed E-state index contributed by atoms with van der Waals surface area (Å²) in [6.07, 6.45) is 0. The molecule has 0 saturated heterocycles. The molecule has 1 atom stereocenters. The zero-order valence-electron chi connectivity index (χ0n) is 5.16. The molecule has 0 heterocycles. The van der Waals surface area contributed by atoms with Gasteiger partial charge in [0, 0.05) is 9.47 Å². The Bertz CT molecular complexity index is 31.7. The highest BCUT2D eigenvalue weighted by Gasteiger charge is 1.67. The predicted molar refractivity (Wildman–Crippen MR) is 36.9 cm³/mol. The summed E-state index contributed by atoms with van der Waals surface area (Å²) in [5.41, 5.74) is 0. The second kappa shape index (κ2) is 15.7. The summed E-state index contributed by atoms with van der Waals surface area (Å²) in [6.45, 7) is 0.258. The van der Waals surface area contributed by atoms with Crippen LogP contribution in [0.5, 0.6) is 0 Å². The minimum atomic E-state index is -0.125. The Hall–Kier alpha value is 0.270. The number of hydrogen-bond acceptors (Lipinski definition) is 4. The summed E-state index contributed by atoms with van der Waals surface area (Å²) in [6, 6.07) is 0. The molecule has 0 aromatic heterocycles. The van der Waals surface area contributed by atoms with Crippen LogP contribution in [0.2, 0.25) is 0 Å². The van der Waals surface area contributed by atoms with E-state index in [1.165, 1.54) is 0 Å². The third kappa shape index (κ3) is 30.4. The topological polar surface area (TPSA) is 69.9 Å².